The molecule has 2 aliphatic rings. The lowest BCUT2D eigenvalue weighted by Crippen LogP contribution is -2.43. The van der Waals surface area contributed by atoms with Crippen LogP contribution in [-0.2, 0) is 17.8 Å². The summed E-state index contributed by atoms with van der Waals surface area (Å²) in [4.78, 5) is 34.7. The SMILES string of the molecule is Cc1ccc([C@@H]2c3cc(OCc4nc(C(=O)NCCN(C)C)cs4)ccc3CCN2C(=O)C2CCCC2)cc1. The van der Waals surface area contributed by atoms with E-state index in [0.29, 0.717) is 12.2 Å². The van der Waals surface area contributed by atoms with Gasteiger partial charge in [0.1, 0.15) is 23.1 Å². The van der Waals surface area contributed by atoms with Gasteiger partial charge in [0, 0.05) is 30.9 Å². The molecule has 0 bridgehead atoms. The van der Waals surface area contributed by atoms with Crippen molar-refractivity contribution in [1.82, 2.24) is 20.1 Å². The number of aryl methyl sites for hydroxylation is 1. The first kappa shape index (κ1) is 27.3. The summed E-state index contributed by atoms with van der Waals surface area (Å²) in [6.45, 7) is 4.46. The van der Waals surface area contributed by atoms with Crippen molar-refractivity contribution in [3.63, 3.8) is 0 Å². The number of thiazole rings is 1. The van der Waals surface area contributed by atoms with Gasteiger partial charge in [-0.25, -0.2) is 4.98 Å². The van der Waals surface area contributed by atoms with Gasteiger partial charge in [0.15, 0.2) is 0 Å². The molecule has 0 radical (unpaired) electrons. The first-order valence-electron chi connectivity index (χ1n) is 13.9. The second-order valence-corrected chi connectivity index (χ2v) is 11.9. The first-order chi connectivity index (χ1) is 18.9. The molecule has 1 atom stereocenters. The highest BCUT2D eigenvalue weighted by Gasteiger charge is 2.36. The van der Waals surface area contributed by atoms with Gasteiger partial charge in [-0.3, -0.25) is 9.59 Å². The molecular formula is C31H38N4O3S. The summed E-state index contributed by atoms with van der Waals surface area (Å²) in [5.41, 5.74) is 5.15. The van der Waals surface area contributed by atoms with Crippen LogP contribution < -0.4 is 10.1 Å². The zero-order chi connectivity index (χ0) is 27.4. The number of ether oxygens (including phenoxy) is 1. The van der Waals surface area contributed by atoms with Crippen LogP contribution in [0.1, 0.15) is 69.5 Å². The van der Waals surface area contributed by atoms with Crippen LogP contribution in [0, 0.1) is 12.8 Å². The van der Waals surface area contributed by atoms with E-state index in [4.69, 9.17) is 4.74 Å². The van der Waals surface area contributed by atoms with Crippen molar-refractivity contribution in [2.45, 2.75) is 51.7 Å². The van der Waals surface area contributed by atoms with Gasteiger partial charge in [0.2, 0.25) is 5.91 Å². The number of carbonyl (C=O) groups is 2. The normalized spacial score (nSPS) is 17.3. The topological polar surface area (TPSA) is 74.8 Å². The van der Waals surface area contributed by atoms with Gasteiger partial charge in [0.25, 0.3) is 5.91 Å². The van der Waals surface area contributed by atoms with Gasteiger partial charge in [0.05, 0.1) is 6.04 Å². The number of rotatable bonds is 9. The van der Waals surface area contributed by atoms with Crippen molar-refractivity contribution in [2.75, 3.05) is 33.7 Å². The first-order valence-corrected chi connectivity index (χ1v) is 14.8. The van der Waals surface area contributed by atoms with Gasteiger partial charge >= 0.3 is 0 Å². The molecule has 1 N–H and O–H groups in total. The summed E-state index contributed by atoms with van der Waals surface area (Å²) in [7, 11) is 3.94. The van der Waals surface area contributed by atoms with E-state index < -0.39 is 0 Å². The largest absolute Gasteiger partial charge is 0.486 e. The maximum absolute atomic E-state index is 13.7. The molecule has 206 valence electrons. The number of fused-ring (bicyclic) bond motifs is 1. The zero-order valence-electron chi connectivity index (χ0n) is 23.1. The average Bonchev–Trinajstić information content (AvgIpc) is 3.64. The smallest absolute Gasteiger partial charge is 0.270 e. The number of nitrogens with one attached hydrogen (secondary N) is 1. The number of carbonyl (C=O) groups excluding carboxylic acids is 2. The monoisotopic (exact) mass is 546 g/mol. The molecule has 2 aromatic carbocycles. The van der Waals surface area contributed by atoms with Gasteiger partial charge in [-0.1, -0.05) is 48.7 Å². The van der Waals surface area contributed by atoms with Crippen LogP contribution in [0.5, 0.6) is 5.75 Å². The molecule has 0 saturated heterocycles. The van der Waals surface area contributed by atoms with Gasteiger partial charge in [-0.15, -0.1) is 11.3 Å². The lowest BCUT2D eigenvalue weighted by molar-refractivity contribution is -0.137. The fourth-order valence-electron chi connectivity index (χ4n) is 5.55. The van der Waals surface area contributed by atoms with Gasteiger partial charge < -0.3 is 19.9 Å². The Kier molecular flexibility index (Phi) is 8.63. The Bertz CT molecular complexity index is 1300. The molecule has 1 aliphatic carbocycles. The number of hydrogen-bond acceptors (Lipinski definition) is 6. The van der Waals surface area contributed by atoms with E-state index in [0.717, 1.165) is 67.1 Å². The van der Waals surface area contributed by atoms with Crippen LogP contribution in [0.2, 0.25) is 0 Å². The molecule has 5 rings (SSSR count). The Hall–Kier alpha value is -3.23. The number of aromatic nitrogens is 1. The number of hydrogen-bond donors (Lipinski definition) is 1. The Morgan fingerprint density at radius 2 is 1.90 bits per heavy atom. The predicted octanol–water partition coefficient (Wildman–Crippen LogP) is 4.99. The second-order valence-electron chi connectivity index (χ2n) is 10.9. The summed E-state index contributed by atoms with van der Waals surface area (Å²) < 4.78 is 6.17. The van der Waals surface area contributed by atoms with Crippen LogP contribution in [-0.4, -0.2) is 60.3 Å². The van der Waals surface area contributed by atoms with Crippen molar-refractivity contribution < 1.29 is 14.3 Å². The Labute approximate surface area is 235 Å². The fraction of sp³-hybridized carbons (Fsp3) is 0.452. The van der Waals surface area contributed by atoms with Crippen molar-refractivity contribution in [1.29, 1.82) is 0 Å². The van der Waals surface area contributed by atoms with Crippen LogP contribution in [0.25, 0.3) is 0 Å². The molecule has 3 aromatic rings. The standard InChI is InChI=1S/C31H38N4O3S/c1-21-8-10-23(11-9-21)29-26-18-25(13-12-22(26)14-16-35(29)31(37)24-6-4-5-7-24)38-19-28-33-27(20-39-28)30(36)32-15-17-34(2)3/h8-13,18,20,24,29H,4-7,14-17,19H2,1-3H3,(H,32,36)/t29-/m1/s1. The maximum atomic E-state index is 13.7. The minimum Gasteiger partial charge on any atom is -0.486 e. The molecule has 1 aliphatic heterocycles. The highest BCUT2D eigenvalue weighted by atomic mass is 32.1. The van der Waals surface area contributed by atoms with Crippen molar-refractivity contribution in [2.24, 2.45) is 5.92 Å². The summed E-state index contributed by atoms with van der Waals surface area (Å²) in [6, 6.07) is 14.7. The third-order valence-electron chi connectivity index (χ3n) is 7.72. The third-order valence-corrected chi connectivity index (χ3v) is 8.54. The van der Waals surface area contributed by atoms with Crippen LogP contribution in [0.3, 0.4) is 0 Å². The van der Waals surface area contributed by atoms with E-state index in [1.807, 2.05) is 25.1 Å². The second kappa shape index (κ2) is 12.3. The molecular weight excluding hydrogens is 508 g/mol. The maximum Gasteiger partial charge on any atom is 0.270 e. The van der Waals surface area contributed by atoms with Crippen LogP contribution in [0.15, 0.2) is 47.8 Å². The fourth-order valence-corrected chi connectivity index (χ4v) is 6.23. The van der Waals surface area contributed by atoms with E-state index in [1.165, 1.54) is 22.5 Å². The Morgan fingerprint density at radius 1 is 1.13 bits per heavy atom. The summed E-state index contributed by atoms with van der Waals surface area (Å²) in [6.07, 6.45) is 5.12. The molecule has 2 amide bonds. The molecule has 7 nitrogen and oxygen atoms in total. The lowest BCUT2D eigenvalue weighted by Gasteiger charge is -2.39. The molecule has 1 fully saturated rings. The van der Waals surface area contributed by atoms with Crippen LogP contribution in [0.4, 0.5) is 0 Å². The summed E-state index contributed by atoms with van der Waals surface area (Å²) in [5.74, 6) is 1.00. The van der Waals surface area contributed by atoms with E-state index in [9.17, 15) is 9.59 Å². The molecule has 1 aromatic heterocycles. The molecule has 0 unspecified atom stereocenters. The number of likely N-dealkylation sites (N-methyl/N-ethyl adjacent to an activating group) is 1. The third kappa shape index (κ3) is 6.50. The lowest BCUT2D eigenvalue weighted by atomic mass is 9.86. The van der Waals surface area contributed by atoms with E-state index in [2.05, 4.69) is 58.5 Å². The van der Waals surface area contributed by atoms with Gasteiger partial charge in [-0.2, -0.15) is 0 Å². The molecule has 2 heterocycles. The highest BCUT2D eigenvalue weighted by Crippen LogP contribution is 2.40. The molecule has 0 spiro atoms. The number of nitrogens with zero attached hydrogens (tertiary/aromatic N) is 3. The van der Waals surface area contributed by atoms with Crippen molar-refractivity contribution in [3.8, 4) is 5.75 Å². The number of amides is 2. The molecule has 39 heavy (non-hydrogen) atoms. The summed E-state index contributed by atoms with van der Waals surface area (Å²) >= 11 is 1.42. The Balaban J connectivity index is 1.33. The summed E-state index contributed by atoms with van der Waals surface area (Å²) in [5, 5.41) is 5.42. The minimum atomic E-state index is -0.166. The van der Waals surface area contributed by atoms with Crippen molar-refractivity contribution >= 4 is 23.2 Å². The average molecular weight is 547 g/mol. The van der Waals surface area contributed by atoms with Crippen molar-refractivity contribution in [3.05, 3.63) is 80.8 Å². The van der Waals surface area contributed by atoms with Gasteiger partial charge in [-0.05, 0) is 69.1 Å². The van der Waals surface area contributed by atoms with E-state index in [1.54, 1.807) is 5.38 Å². The minimum absolute atomic E-state index is 0.122. The molecule has 8 heteroatoms. The Morgan fingerprint density at radius 3 is 2.64 bits per heavy atom. The molecule has 1 saturated carbocycles. The van der Waals surface area contributed by atoms with Crippen LogP contribution >= 0.6 is 11.3 Å². The number of benzene rings is 2. The predicted molar refractivity (Wildman–Crippen MR) is 154 cm³/mol. The quantitative estimate of drug-likeness (QED) is 0.410. The van der Waals surface area contributed by atoms with E-state index >= 15 is 0 Å². The zero-order valence-corrected chi connectivity index (χ0v) is 23.9. The highest BCUT2D eigenvalue weighted by molar-refractivity contribution is 7.09. The van der Waals surface area contributed by atoms with E-state index in [-0.39, 0.29) is 30.4 Å².